The van der Waals surface area contributed by atoms with Crippen molar-refractivity contribution in [3.05, 3.63) is 23.4 Å². The first kappa shape index (κ1) is 11.0. The molecule has 1 aromatic rings. The van der Waals surface area contributed by atoms with Crippen molar-refractivity contribution in [2.24, 2.45) is 0 Å². The van der Waals surface area contributed by atoms with E-state index in [9.17, 15) is 0 Å². The van der Waals surface area contributed by atoms with Gasteiger partial charge >= 0.3 is 0 Å². The Hall–Kier alpha value is -1.05. The summed E-state index contributed by atoms with van der Waals surface area (Å²) < 4.78 is 0. The van der Waals surface area contributed by atoms with Gasteiger partial charge in [-0.05, 0) is 24.0 Å². The number of aryl methyl sites for hydroxylation is 1. The van der Waals surface area contributed by atoms with E-state index in [0.29, 0.717) is 5.92 Å². The van der Waals surface area contributed by atoms with Crippen molar-refractivity contribution in [1.82, 2.24) is 4.98 Å². The van der Waals surface area contributed by atoms with Crippen LogP contribution in [0.2, 0.25) is 0 Å². The highest BCUT2D eigenvalue weighted by atomic mass is 15.1. The zero-order chi connectivity index (χ0) is 10.7. The van der Waals surface area contributed by atoms with E-state index in [2.05, 4.69) is 36.7 Å². The molecule has 0 N–H and O–H groups in total. The van der Waals surface area contributed by atoms with E-state index < -0.39 is 0 Å². The summed E-state index contributed by atoms with van der Waals surface area (Å²) >= 11 is 0. The Morgan fingerprint density at radius 2 is 2.00 bits per heavy atom. The zero-order valence-electron chi connectivity index (χ0n) is 9.83. The highest BCUT2D eigenvalue weighted by molar-refractivity contribution is 5.51. The van der Waals surface area contributed by atoms with Gasteiger partial charge in [0.25, 0.3) is 0 Å². The summed E-state index contributed by atoms with van der Waals surface area (Å²) in [6.45, 7) is 6.65. The van der Waals surface area contributed by atoms with Gasteiger partial charge in [-0.2, -0.15) is 0 Å². The van der Waals surface area contributed by atoms with E-state index in [-0.39, 0.29) is 0 Å². The third-order valence-corrected chi connectivity index (χ3v) is 2.44. The minimum atomic E-state index is 0.538. The van der Waals surface area contributed by atoms with E-state index >= 15 is 0 Å². The lowest BCUT2D eigenvalue weighted by Crippen LogP contribution is -2.15. The number of hydrogen-bond donors (Lipinski definition) is 0. The van der Waals surface area contributed by atoms with Crippen molar-refractivity contribution in [3.63, 3.8) is 0 Å². The topological polar surface area (TPSA) is 16.1 Å². The molecule has 0 amide bonds. The number of nitrogens with zero attached hydrogens (tertiary/aromatic N) is 2. The van der Waals surface area contributed by atoms with Gasteiger partial charge in [0.05, 0.1) is 0 Å². The Kier molecular flexibility index (Phi) is 3.50. The predicted molar refractivity (Wildman–Crippen MR) is 62.0 cm³/mol. The molecule has 0 spiro atoms. The molecule has 0 fully saturated rings. The van der Waals surface area contributed by atoms with Crippen molar-refractivity contribution in [2.75, 3.05) is 19.0 Å². The Morgan fingerprint density at radius 1 is 1.36 bits per heavy atom. The van der Waals surface area contributed by atoms with Crippen LogP contribution in [0, 0.1) is 0 Å². The quantitative estimate of drug-likeness (QED) is 0.732. The molecule has 0 atom stereocenters. The first-order valence-corrected chi connectivity index (χ1v) is 5.23. The molecule has 0 aliphatic heterocycles. The molecule has 0 saturated carbocycles. The summed E-state index contributed by atoms with van der Waals surface area (Å²) in [5, 5.41) is 0. The standard InChI is InChI=1S/C12H20N2/c1-6-10-7-8-13-12(14(4)5)11(10)9(2)3/h7-9H,6H2,1-5H3. The summed E-state index contributed by atoms with van der Waals surface area (Å²) in [5.41, 5.74) is 2.80. The van der Waals surface area contributed by atoms with Crippen LogP contribution in [0.3, 0.4) is 0 Å². The molecule has 0 radical (unpaired) electrons. The molecule has 0 unspecified atom stereocenters. The lowest BCUT2D eigenvalue weighted by Gasteiger charge is -2.20. The van der Waals surface area contributed by atoms with E-state index in [1.807, 2.05) is 20.3 Å². The maximum atomic E-state index is 4.43. The van der Waals surface area contributed by atoms with Gasteiger partial charge in [-0.1, -0.05) is 20.8 Å². The second-order valence-corrected chi connectivity index (χ2v) is 4.11. The molecular weight excluding hydrogens is 172 g/mol. The van der Waals surface area contributed by atoms with Crippen molar-refractivity contribution < 1.29 is 0 Å². The van der Waals surface area contributed by atoms with Crippen molar-refractivity contribution >= 4 is 5.82 Å². The smallest absolute Gasteiger partial charge is 0.131 e. The molecule has 1 rings (SSSR count). The van der Waals surface area contributed by atoms with Crippen molar-refractivity contribution in [2.45, 2.75) is 33.1 Å². The van der Waals surface area contributed by atoms with Crippen LogP contribution in [0.25, 0.3) is 0 Å². The molecule has 2 heteroatoms. The fraction of sp³-hybridized carbons (Fsp3) is 0.583. The molecule has 1 aromatic heterocycles. The molecule has 2 nitrogen and oxygen atoms in total. The van der Waals surface area contributed by atoms with Gasteiger partial charge in [-0.3, -0.25) is 0 Å². The van der Waals surface area contributed by atoms with Crippen LogP contribution < -0.4 is 4.90 Å². The third kappa shape index (κ3) is 2.06. The summed E-state index contributed by atoms with van der Waals surface area (Å²) in [7, 11) is 4.10. The molecule has 0 aliphatic rings. The molecular formula is C12H20N2. The van der Waals surface area contributed by atoms with Gasteiger partial charge < -0.3 is 4.90 Å². The minimum absolute atomic E-state index is 0.538. The first-order valence-electron chi connectivity index (χ1n) is 5.23. The molecule has 1 heterocycles. The average molecular weight is 192 g/mol. The van der Waals surface area contributed by atoms with Crippen LogP contribution in [0.4, 0.5) is 5.82 Å². The Balaban J connectivity index is 3.28. The number of anilines is 1. The van der Waals surface area contributed by atoms with Crippen LogP contribution in [0.15, 0.2) is 12.3 Å². The van der Waals surface area contributed by atoms with Crippen LogP contribution in [-0.4, -0.2) is 19.1 Å². The fourth-order valence-corrected chi connectivity index (χ4v) is 1.79. The normalized spacial score (nSPS) is 10.7. The summed E-state index contributed by atoms with van der Waals surface area (Å²) in [4.78, 5) is 6.53. The lowest BCUT2D eigenvalue weighted by molar-refractivity contribution is 0.825. The Bertz CT molecular complexity index is 303. The lowest BCUT2D eigenvalue weighted by atomic mass is 9.96. The van der Waals surface area contributed by atoms with Crippen LogP contribution in [-0.2, 0) is 6.42 Å². The monoisotopic (exact) mass is 192 g/mol. The van der Waals surface area contributed by atoms with Gasteiger partial charge in [0.1, 0.15) is 5.82 Å². The van der Waals surface area contributed by atoms with Gasteiger partial charge in [0.15, 0.2) is 0 Å². The Labute approximate surface area is 87.0 Å². The molecule has 14 heavy (non-hydrogen) atoms. The maximum absolute atomic E-state index is 4.43. The molecule has 0 saturated heterocycles. The highest BCUT2D eigenvalue weighted by Gasteiger charge is 2.13. The number of hydrogen-bond acceptors (Lipinski definition) is 2. The largest absolute Gasteiger partial charge is 0.363 e. The van der Waals surface area contributed by atoms with Crippen LogP contribution in [0.5, 0.6) is 0 Å². The predicted octanol–water partition coefficient (Wildman–Crippen LogP) is 2.83. The number of pyridine rings is 1. The van der Waals surface area contributed by atoms with Gasteiger partial charge in [0.2, 0.25) is 0 Å². The van der Waals surface area contributed by atoms with Crippen molar-refractivity contribution in [3.8, 4) is 0 Å². The fourth-order valence-electron chi connectivity index (χ4n) is 1.79. The van der Waals surface area contributed by atoms with Gasteiger partial charge in [-0.15, -0.1) is 0 Å². The highest BCUT2D eigenvalue weighted by Crippen LogP contribution is 2.27. The van der Waals surface area contributed by atoms with Crippen molar-refractivity contribution in [1.29, 1.82) is 0 Å². The van der Waals surface area contributed by atoms with E-state index in [1.54, 1.807) is 0 Å². The van der Waals surface area contributed by atoms with Gasteiger partial charge in [-0.25, -0.2) is 4.98 Å². The van der Waals surface area contributed by atoms with E-state index in [0.717, 1.165) is 12.2 Å². The second kappa shape index (κ2) is 4.45. The zero-order valence-corrected chi connectivity index (χ0v) is 9.83. The Morgan fingerprint density at radius 3 is 2.43 bits per heavy atom. The summed E-state index contributed by atoms with van der Waals surface area (Å²) in [6.07, 6.45) is 2.98. The minimum Gasteiger partial charge on any atom is -0.363 e. The maximum Gasteiger partial charge on any atom is 0.131 e. The first-order chi connectivity index (χ1) is 6.57. The second-order valence-electron chi connectivity index (χ2n) is 4.11. The van der Waals surface area contributed by atoms with E-state index in [1.165, 1.54) is 11.1 Å². The number of aromatic nitrogens is 1. The van der Waals surface area contributed by atoms with Crippen LogP contribution in [0.1, 0.15) is 37.8 Å². The molecule has 78 valence electrons. The SMILES string of the molecule is CCc1ccnc(N(C)C)c1C(C)C. The molecule has 0 aliphatic carbocycles. The van der Waals surface area contributed by atoms with Gasteiger partial charge in [0, 0.05) is 25.9 Å². The molecule has 0 aromatic carbocycles. The third-order valence-electron chi connectivity index (χ3n) is 2.44. The number of rotatable bonds is 3. The molecule has 0 bridgehead atoms. The van der Waals surface area contributed by atoms with Crippen LogP contribution >= 0.6 is 0 Å². The van der Waals surface area contributed by atoms with E-state index in [4.69, 9.17) is 0 Å². The average Bonchev–Trinajstić information content (AvgIpc) is 2.16. The summed E-state index contributed by atoms with van der Waals surface area (Å²) in [6, 6.07) is 2.13. The summed E-state index contributed by atoms with van der Waals surface area (Å²) in [5.74, 6) is 1.65.